The second kappa shape index (κ2) is 11.2. The number of carbonyl (C=O) groups is 2. The van der Waals surface area contributed by atoms with E-state index in [1.54, 1.807) is 0 Å². The van der Waals surface area contributed by atoms with Gasteiger partial charge in [-0.25, -0.2) is 9.59 Å². The minimum absolute atomic E-state index is 0.115. The number of rotatable bonds is 5. The third-order valence-corrected chi connectivity index (χ3v) is 9.61. The molecule has 4 aromatic carbocycles. The van der Waals surface area contributed by atoms with Gasteiger partial charge < -0.3 is 19.3 Å². The Kier molecular flexibility index (Phi) is 7.30. The van der Waals surface area contributed by atoms with E-state index in [9.17, 15) is 9.59 Å². The Bertz CT molecular complexity index is 1980. The Morgan fingerprint density at radius 1 is 0.783 bits per heavy atom. The van der Waals surface area contributed by atoms with Crippen LogP contribution in [-0.2, 0) is 24.5 Å². The lowest BCUT2D eigenvalue weighted by atomic mass is 9.67. The minimum Gasteiger partial charge on any atom is -0.466 e. The molecule has 3 aliphatic rings. The highest BCUT2D eigenvalue weighted by molar-refractivity contribution is 6.31. The van der Waals surface area contributed by atoms with Crippen molar-refractivity contribution in [2.75, 3.05) is 38.1 Å². The molecule has 1 spiro atoms. The number of methoxy groups -OCH3 is 2. The van der Waals surface area contributed by atoms with Crippen LogP contribution in [0.1, 0.15) is 22.3 Å². The third-order valence-electron chi connectivity index (χ3n) is 9.14. The van der Waals surface area contributed by atoms with Crippen LogP contribution in [0.4, 0.5) is 11.4 Å². The van der Waals surface area contributed by atoms with Crippen molar-refractivity contribution in [3.05, 3.63) is 141 Å². The highest BCUT2D eigenvalue weighted by Gasteiger charge is 2.63. The zero-order chi connectivity index (χ0) is 32.3. The topological polar surface area (TPSA) is 59.1 Å². The van der Waals surface area contributed by atoms with Gasteiger partial charge in [-0.3, -0.25) is 0 Å². The first-order chi connectivity index (χ1) is 22.2. The molecular weight excluding hydrogens is 619 g/mol. The smallest absolute Gasteiger partial charge is 0.355 e. The lowest BCUT2D eigenvalue weighted by molar-refractivity contribution is -0.139. The van der Waals surface area contributed by atoms with Crippen molar-refractivity contribution in [2.45, 2.75) is 11.5 Å². The molecule has 0 bridgehead atoms. The summed E-state index contributed by atoms with van der Waals surface area (Å²) in [6.45, 7) is 0. The van der Waals surface area contributed by atoms with Gasteiger partial charge in [-0.2, -0.15) is 0 Å². The van der Waals surface area contributed by atoms with Gasteiger partial charge in [0.15, 0.2) is 0 Å². The number of anilines is 2. The molecule has 0 N–H and O–H groups in total. The molecule has 7 rings (SSSR count). The van der Waals surface area contributed by atoms with Crippen LogP contribution in [0.2, 0.25) is 10.0 Å². The first-order valence-electron chi connectivity index (χ1n) is 14.8. The first kappa shape index (κ1) is 29.9. The van der Waals surface area contributed by atoms with Crippen molar-refractivity contribution in [2.24, 2.45) is 0 Å². The SMILES string of the molecule is COC(=O)C1=C(C(=O)OC)C2(c3cc(Cl)ccc3-c3ccc(Cl)cc32)C2C=C(/C=C/c3ccc(N(C)C)cc3)c3ccccc3N12. The summed E-state index contributed by atoms with van der Waals surface area (Å²) in [7, 11) is 6.66. The summed E-state index contributed by atoms with van der Waals surface area (Å²) in [5.74, 6) is -1.29. The number of hydrogen-bond donors (Lipinski definition) is 0. The molecule has 0 radical (unpaired) electrons. The van der Waals surface area contributed by atoms with E-state index in [4.69, 9.17) is 32.7 Å². The number of carbonyl (C=O) groups excluding carboxylic acids is 2. The van der Waals surface area contributed by atoms with Crippen molar-refractivity contribution in [3.8, 4) is 11.1 Å². The van der Waals surface area contributed by atoms with E-state index in [0.717, 1.165) is 50.3 Å². The summed E-state index contributed by atoms with van der Waals surface area (Å²) in [6.07, 6.45) is 6.27. The maximum atomic E-state index is 14.1. The predicted molar refractivity (Wildman–Crippen MR) is 184 cm³/mol. The molecule has 0 amide bonds. The number of para-hydroxylation sites is 1. The number of benzene rings is 4. The molecule has 2 heterocycles. The standard InChI is InChI=1S/C38H30Cl2N2O4/c1-41(2)26-15-10-22(11-16-26)9-12-23-19-33-38(30-20-24(39)13-17-28(30)29-18-14-25(40)21-31(29)38)34(36(43)45-3)35(37(44)46-4)42(33)32-8-6-5-7-27(23)32/h5-21,33H,1-4H3/b12-9+. The highest BCUT2D eigenvalue weighted by atomic mass is 35.5. The number of esters is 2. The minimum atomic E-state index is -1.21. The monoisotopic (exact) mass is 648 g/mol. The fourth-order valence-electron chi connectivity index (χ4n) is 7.21. The molecule has 0 saturated carbocycles. The summed E-state index contributed by atoms with van der Waals surface area (Å²) < 4.78 is 10.8. The number of nitrogens with zero attached hydrogens (tertiary/aromatic N) is 2. The van der Waals surface area contributed by atoms with Gasteiger partial charge in [0.2, 0.25) is 0 Å². The Hall–Kier alpha value is -4.78. The number of ether oxygens (including phenoxy) is 2. The largest absolute Gasteiger partial charge is 0.466 e. The predicted octanol–water partition coefficient (Wildman–Crippen LogP) is 7.93. The maximum Gasteiger partial charge on any atom is 0.355 e. The van der Waals surface area contributed by atoms with Crippen LogP contribution in [0.15, 0.2) is 108 Å². The van der Waals surface area contributed by atoms with Crippen LogP contribution in [-0.4, -0.2) is 46.3 Å². The van der Waals surface area contributed by atoms with Gasteiger partial charge in [0.05, 0.1) is 31.2 Å². The fourth-order valence-corrected chi connectivity index (χ4v) is 7.55. The van der Waals surface area contributed by atoms with E-state index >= 15 is 0 Å². The number of hydrogen-bond acceptors (Lipinski definition) is 6. The van der Waals surface area contributed by atoms with Crippen molar-refractivity contribution in [1.29, 1.82) is 0 Å². The zero-order valence-electron chi connectivity index (χ0n) is 25.7. The van der Waals surface area contributed by atoms with Gasteiger partial charge in [-0.15, -0.1) is 0 Å². The van der Waals surface area contributed by atoms with Crippen molar-refractivity contribution < 1.29 is 19.1 Å². The number of fused-ring (bicyclic) bond motifs is 9. The maximum absolute atomic E-state index is 14.1. The fraction of sp³-hybridized carbons (Fsp3) is 0.158. The van der Waals surface area contributed by atoms with Gasteiger partial charge >= 0.3 is 11.9 Å². The average Bonchev–Trinajstić information content (AvgIpc) is 3.52. The van der Waals surface area contributed by atoms with Crippen LogP contribution in [0, 0.1) is 0 Å². The summed E-state index contributed by atoms with van der Waals surface area (Å²) in [5, 5.41) is 1.00. The molecule has 4 aromatic rings. The third kappa shape index (κ3) is 4.32. The summed E-state index contributed by atoms with van der Waals surface area (Å²) >= 11 is 13.4. The van der Waals surface area contributed by atoms with Crippen molar-refractivity contribution >= 4 is 58.2 Å². The van der Waals surface area contributed by atoms with Crippen LogP contribution in [0.5, 0.6) is 0 Å². The first-order valence-corrected chi connectivity index (χ1v) is 15.5. The quantitative estimate of drug-likeness (QED) is 0.205. The Morgan fingerprint density at radius 3 is 1.98 bits per heavy atom. The number of halogens is 2. The van der Waals surface area contributed by atoms with Crippen LogP contribution in [0.3, 0.4) is 0 Å². The van der Waals surface area contributed by atoms with Crippen LogP contribution >= 0.6 is 23.2 Å². The zero-order valence-corrected chi connectivity index (χ0v) is 27.2. The molecule has 1 aliphatic carbocycles. The van der Waals surface area contributed by atoms with E-state index in [-0.39, 0.29) is 11.3 Å². The van der Waals surface area contributed by atoms with Gasteiger partial charge in [0, 0.05) is 41.1 Å². The van der Waals surface area contributed by atoms with Crippen molar-refractivity contribution in [1.82, 2.24) is 0 Å². The lowest BCUT2D eigenvalue weighted by Gasteiger charge is -2.41. The van der Waals surface area contributed by atoms with Gasteiger partial charge in [0.25, 0.3) is 0 Å². The average molecular weight is 650 g/mol. The molecular formula is C38H30Cl2N2O4. The van der Waals surface area contributed by atoms with Crippen molar-refractivity contribution in [3.63, 3.8) is 0 Å². The molecule has 2 aliphatic heterocycles. The number of allylic oxidation sites excluding steroid dienone is 2. The normalized spacial score (nSPS) is 17.0. The molecule has 1 unspecified atom stereocenters. The highest BCUT2D eigenvalue weighted by Crippen LogP contribution is 2.63. The molecule has 6 nitrogen and oxygen atoms in total. The summed E-state index contributed by atoms with van der Waals surface area (Å²) in [5.41, 5.74) is 7.17. The molecule has 46 heavy (non-hydrogen) atoms. The summed E-state index contributed by atoms with van der Waals surface area (Å²) in [4.78, 5) is 31.9. The molecule has 8 heteroatoms. The summed E-state index contributed by atoms with van der Waals surface area (Å²) in [6, 6.07) is 26.9. The van der Waals surface area contributed by atoms with Gasteiger partial charge in [-0.1, -0.05) is 83.9 Å². The van der Waals surface area contributed by atoms with E-state index in [1.807, 2.05) is 79.7 Å². The van der Waals surface area contributed by atoms with E-state index in [1.165, 1.54) is 14.2 Å². The Morgan fingerprint density at radius 2 is 1.39 bits per heavy atom. The molecule has 1 atom stereocenters. The van der Waals surface area contributed by atoms with Gasteiger partial charge in [-0.05, 0) is 75.9 Å². The molecule has 0 saturated heterocycles. The van der Waals surface area contributed by atoms with E-state index in [0.29, 0.717) is 10.0 Å². The van der Waals surface area contributed by atoms with Crippen LogP contribution < -0.4 is 9.80 Å². The van der Waals surface area contributed by atoms with E-state index < -0.39 is 23.4 Å². The molecule has 0 aromatic heterocycles. The van der Waals surface area contributed by atoms with E-state index in [2.05, 4.69) is 47.4 Å². The lowest BCUT2D eigenvalue weighted by Crippen LogP contribution is -2.46. The molecule has 0 fully saturated rings. The van der Waals surface area contributed by atoms with Gasteiger partial charge in [0.1, 0.15) is 5.70 Å². The second-order valence-corrected chi connectivity index (χ2v) is 12.5. The molecule has 230 valence electrons. The second-order valence-electron chi connectivity index (χ2n) is 11.7. The Labute approximate surface area is 277 Å². The van der Waals surface area contributed by atoms with Crippen LogP contribution in [0.25, 0.3) is 22.8 Å². The Balaban J connectivity index is 1.55.